The van der Waals surface area contributed by atoms with Crippen LogP contribution in [0.25, 0.3) is 0 Å². The zero-order valence-corrected chi connectivity index (χ0v) is 7.72. The lowest BCUT2D eigenvalue weighted by Crippen LogP contribution is -2.11. The summed E-state index contributed by atoms with van der Waals surface area (Å²) in [4.78, 5) is 0. The van der Waals surface area contributed by atoms with E-state index in [4.69, 9.17) is 9.16 Å². The van der Waals surface area contributed by atoms with Crippen molar-refractivity contribution in [3.63, 3.8) is 0 Å². The first-order valence-corrected chi connectivity index (χ1v) is 4.16. The zero-order chi connectivity index (χ0) is 7.82. The standard InChI is InChI=1S/C7H15O2Si/c1-3-4-5-6-8-7(2)9-10/h7H,3-6H2,1-2H3. The largest absolute Gasteiger partial charge is 0.394 e. The van der Waals surface area contributed by atoms with Crippen molar-refractivity contribution in [2.24, 2.45) is 0 Å². The Balaban J connectivity index is 2.89. The molecule has 3 heteroatoms. The molecule has 0 N–H and O–H groups in total. The van der Waals surface area contributed by atoms with Crippen molar-refractivity contribution in [1.29, 1.82) is 0 Å². The predicted molar refractivity (Wildman–Crippen MR) is 41.8 cm³/mol. The van der Waals surface area contributed by atoms with E-state index in [1.54, 1.807) is 0 Å². The van der Waals surface area contributed by atoms with Crippen LogP contribution in [-0.2, 0) is 9.16 Å². The molecule has 0 aromatic rings. The van der Waals surface area contributed by atoms with Gasteiger partial charge in [-0.25, -0.2) is 0 Å². The van der Waals surface area contributed by atoms with Gasteiger partial charge in [-0.3, -0.25) is 0 Å². The molecule has 0 aromatic carbocycles. The molecule has 1 unspecified atom stereocenters. The molecule has 0 amide bonds. The second-order valence-corrected chi connectivity index (χ2v) is 2.50. The van der Waals surface area contributed by atoms with Crippen LogP contribution < -0.4 is 0 Å². The maximum absolute atomic E-state index is 5.22. The minimum Gasteiger partial charge on any atom is -0.394 e. The molecule has 2 nitrogen and oxygen atoms in total. The lowest BCUT2D eigenvalue weighted by molar-refractivity contribution is -0.0638. The summed E-state index contributed by atoms with van der Waals surface area (Å²) in [5, 5.41) is 0. The first-order valence-electron chi connectivity index (χ1n) is 3.75. The summed E-state index contributed by atoms with van der Waals surface area (Å²) in [6.07, 6.45) is 3.45. The first kappa shape index (κ1) is 10.1. The van der Waals surface area contributed by atoms with Gasteiger partial charge in [-0.2, -0.15) is 0 Å². The molecule has 0 rings (SSSR count). The molecule has 1 atom stereocenters. The molecule has 0 bridgehead atoms. The van der Waals surface area contributed by atoms with E-state index < -0.39 is 0 Å². The number of unbranched alkanes of at least 4 members (excludes halogenated alkanes) is 2. The van der Waals surface area contributed by atoms with Crippen molar-refractivity contribution in [3.05, 3.63) is 0 Å². The maximum Gasteiger partial charge on any atom is 0.249 e. The first-order chi connectivity index (χ1) is 4.81. The Morgan fingerprint density at radius 1 is 1.40 bits per heavy atom. The van der Waals surface area contributed by atoms with Crippen LogP contribution >= 0.6 is 0 Å². The highest BCUT2D eigenvalue weighted by atomic mass is 28.2. The SMILES string of the molecule is CCCCCOC(C)O[Si]. The fourth-order valence-corrected chi connectivity index (χ4v) is 0.703. The van der Waals surface area contributed by atoms with E-state index in [0.29, 0.717) is 0 Å². The van der Waals surface area contributed by atoms with Gasteiger partial charge in [-0.15, -0.1) is 0 Å². The third-order valence-corrected chi connectivity index (χ3v) is 1.60. The van der Waals surface area contributed by atoms with Crippen LogP contribution in [0.5, 0.6) is 0 Å². The maximum atomic E-state index is 5.22. The summed E-state index contributed by atoms with van der Waals surface area (Å²) in [6, 6.07) is 0. The Labute approximate surface area is 66.5 Å². The zero-order valence-electron chi connectivity index (χ0n) is 6.72. The third kappa shape index (κ3) is 6.26. The molecular weight excluding hydrogens is 144 g/mol. The Kier molecular flexibility index (Phi) is 7.35. The Hall–Kier alpha value is 0.137. The number of ether oxygens (including phenoxy) is 1. The summed E-state index contributed by atoms with van der Waals surface area (Å²) < 4.78 is 9.94. The molecular formula is C7H15O2Si. The van der Waals surface area contributed by atoms with Crippen molar-refractivity contribution in [1.82, 2.24) is 0 Å². The van der Waals surface area contributed by atoms with Crippen LogP contribution in [0.3, 0.4) is 0 Å². The van der Waals surface area contributed by atoms with Gasteiger partial charge in [0.15, 0.2) is 0 Å². The lowest BCUT2D eigenvalue weighted by Gasteiger charge is -2.09. The van der Waals surface area contributed by atoms with Crippen LogP contribution in [0.15, 0.2) is 0 Å². The van der Waals surface area contributed by atoms with Gasteiger partial charge in [-0.05, 0) is 13.3 Å². The minimum atomic E-state index is -0.131. The summed E-state index contributed by atoms with van der Waals surface area (Å²) in [7, 11) is 2.90. The molecule has 0 fully saturated rings. The van der Waals surface area contributed by atoms with Crippen LogP contribution in [0.2, 0.25) is 0 Å². The van der Waals surface area contributed by atoms with E-state index in [1.165, 1.54) is 12.8 Å². The molecule has 0 aliphatic rings. The number of hydrogen-bond acceptors (Lipinski definition) is 2. The van der Waals surface area contributed by atoms with Gasteiger partial charge in [0.2, 0.25) is 10.5 Å². The second-order valence-electron chi connectivity index (χ2n) is 2.26. The van der Waals surface area contributed by atoms with Crippen LogP contribution in [0.1, 0.15) is 33.1 Å². The third-order valence-electron chi connectivity index (χ3n) is 1.27. The molecule has 0 heterocycles. The molecule has 59 valence electrons. The van der Waals surface area contributed by atoms with Crippen LogP contribution in [-0.4, -0.2) is 23.4 Å². The second kappa shape index (κ2) is 7.25. The van der Waals surface area contributed by atoms with Crippen molar-refractivity contribution < 1.29 is 9.16 Å². The smallest absolute Gasteiger partial charge is 0.249 e. The van der Waals surface area contributed by atoms with Gasteiger partial charge in [0.25, 0.3) is 0 Å². The van der Waals surface area contributed by atoms with Crippen LogP contribution in [0.4, 0.5) is 0 Å². The highest BCUT2D eigenvalue weighted by molar-refractivity contribution is 5.98. The molecule has 0 aromatic heterocycles. The monoisotopic (exact) mass is 159 g/mol. The van der Waals surface area contributed by atoms with Crippen LogP contribution in [0, 0.1) is 0 Å². The highest BCUT2D eigenvalue weighted by Crippen LogP contribution is 1.97. The predicted octanol–water partition coefficient (Wildman–Crippen LogP) is 1.64. The van der Waals surface area contributed by atoms with Gasteiger partial charge in [0, 0.05) is 6.61 Å². The molecule has 3 radical (unpaired) electrons. The molecule has 0 aliphatic heterocycles. The van der Waals surface area contributed by atoms with E-state index in [9.17, 15) is 0 Å². The van der Waals surface area contributed by atoms with Crippen molar-refractivity contribution >= 4 is 10.5 Å². The number of rotatable bonds is 6. The molecule has 0 saturated heterocycles. The van der Waals surface area contributed by atoms with Gasteiger partial charge < -0.3 is 9.16 Å². The Morgan fingerprint density at radius 3 is 2.60 bits per heavy atom. The summed E-state index contributed by atoms with van der Waals surface area (Å²) in [6.45, 7) is 4.82. The fraction of sp³-hybridized carbons (Fsp3) is 1.00. The molecule has 0 spiro atoms. The van der Waals surface area contributed by atoms with Gasteiger partial charge in [0.05, 0.1) is 0 Å². The Morgan fingerprint density at radius 2 is 2.10 bits per heavy atom. The highest BCUT2D eigenvalue weighted by Gasteiger charge is 1.95. The van der Waals surface area contributed by atoms with E-state index in [2.05, 4.69) is 17.4 Å². The minimum absolute atomic E-state index is 0.131. The summed E-state index contributed by atoms with van der Waals surface area (Å²) in [5.41, 5.74) is 0. The van der Waals surface area contributed by atoms with Crippen molar-refractivity contribution in [3.8, 4) is 0 Å². The van der Waals surface area contributed by atoms with Gasteiger partial charge >= 0.3 is 0 Å². The molecule has 0 saturated carbocycles. The number of hydrogen-bond donors (Lipinski definition) is 0. The van der Waals surface area contributed by atoms with Crippen molar-refractivity contribution in [2.75, 3.05) is 6.61 Å². The summed E-state index contributed by atoms with van der Waals surface area (Å²) in [5.74, 6) is 0. The van der Waals surface area contributed by atoms with Gasteiger partial charge in [0.1, 0.15) is 6.29 Å². The normalized spacial score (nSPS) is 13.5. The van der Waals surface area contributed by atoms with E-state index in [-0.39, 0.29) is 6.29 Å². The Bertz CT molecular complexity index is 68.6. The van der Waals surface area contributed by atoms with Crippen molar-refractivity contribution in [2.45, 2.75) is 39.4 Å². The van der Waals surface area contributed by atoms with E-state index >= 15 is 0 Å². The van der Waals surface area contributed by atoms with E-state index in [1.807, 2.05) is 6.92 Å². The average Bonchev–Trinajstić information content (AvgIpc) is 1.98. The molecule has 10 heavy (non-hydrogen) atoms. The lowest BCUT2D eigenvalue weighted by atomic mass is 10.3. The summed E-state index contributed by atoms with van der Waals surface area (Å²) >= 11 is 0. The topological polar surface area (TPSA) is 18.5 Å². The fourth-order valence-electron chi connectivity index (χ4n) is 0.635. The quantitative estimate of drug-likeness (QED) is 0.333. The van der Waals surface area contributed by atoms with Gasteiger partial charge in [-0.1, -0.05) is 19.8 Å². The average molecular weight is 159 g/mol. The molecule has 0 aliphatic carbocycles. The van der Waals surface area contributed by atoms with E-state index in [0.717, 1.165) is 13.0 Å².